The minimum absolute atomic E-state index is 0.195. The molecule has 0 unspecified atom stereocenters. The van der Waals surface area contributed by atoms with E-state index in [2.05, 4.69) is 4.18 Å². The van der Waals surface area contributed by atoms with Crippen LogP contribution in [-0.4, -0.2) is 15.0 Å². The second-order valence-electron chi connectivity index (χ2n) is 2.79. The van der Waals surface area contributed by atoms with Gasteiger partial charge in [0.1, 0.15) is 0 Å². The van der Waals surface area contributed by atoms with Gasteiger partial charge in [0.15, 0.2) is 0 Å². The van der Waals surface area contributed by atoms with Crippen molar-refractivity contribution in [3.05, 3.63) is 39.2 Å². The van der Waals surface area contributed by atoms with E-state index in [1.807, 2.05) is 0 Å². The molecule has 0 amide bonds. The van der Waals surface area contributed by atoms with E-state index >= 15 is 0 Å². The Morgan fingerprint density at radius 3 is 2.24 bits per heavy atom. The molecular weight excluding hydrogens is 297 g/mol. The monoisotopic (exact) mass is 302 g/mol. The molecule has 17 heavy (non-hydrogen) atoms. The summed E-state index contributed by atoms with van der Waals surface area (Å²) in [6, 6.07) is 4.52. The number of benzene rings is 1. The number of halogens is 4. The smallest absolute Gasteiger partial charge is 0.200 e. The molecule has 0 atom stereocenters. The van der Waals surface area contributed by atoms with Crippen molar-refractivity contribution < 1.29 is 21.4 Å². The predicted molar refractivity (Wildman–Crippen MR) is 61.5 cm³/mol. The fourth-order valence-electron chi connectivity index (χ4n) is 0.955. The Balaban J connectivity index is 2.99. The first-order chi connectivity index (χ1) is 7.82. The van der Waals surface area contributed by atoms with Crippen LogP contribution in [0.2, 0.25) is 10.0 Å². The molecule has 0 aromatic heterocycles. The molecule has 1 aromatic carbocycles. The van der Waals surface area contributed by atoms with Crippen molar-refractivity contribution in [1.29, 1.82) is 0 Å². The van der Waals surface area contributed by atoms with Crippen LogP contribution >= 0.6 is 23.2 Å². The Morgan fingerprint density at radius 1 is 1.24 bits per heavy atom. The van der Waals surface area contributed by atoms with E-state index < -0.39 is 16.7 Å². The molecule has 0 spiro atoms. The molecule has 0 aliphatic heterocycles. The molecule has 1 rings (SSSR count). The van der Waals surface area contributed by atoms with Crippen LogP contribution < -0.4 is 0 Å². The molecule has 1 aromatic rings. The normalized spacial score (nSPS) is 12.5. The van der Waals surface area contributed by atoms with Gasteiger partial charge in [-0.05, 0) is 18.2 Å². The lowest BCUT2D eigenvalue weighted by Gasteiger charge is -2.01. The number of hydrogen-bond donors (Lipinski definition) is 0. The summed E-state index contributed by atoms with van der Waals surface area (Å²) in [5.74, 6) is 0. The van der Waals surface area contributed by atoms with Gasteiger partial charge in [0.25, 0.3) is 10.1 Å². The molecule has 0 fully saturated rings. The Kier molecular flexibility index (Phi) is 4.88. The third-order valence-electron chi connectivity index (χ3n) is 1.61. The van der Waals surface area contributed by atoms with Gasteiger partial charge in [-0.3, -0.25) is 0 Å². The average molecular weight is 303 g/mol. The van der Waals surface area contributed by atoms with Crippen molar-refractivity contribution in [1.82, 2.24) is 0 Å². The third-order valence-corrected chi connectivity index (χ3v) is 3.15. The fraction of sp³-hybridized carbons (Fsp3) is 0.111. The van der Waals surface area contributed by atoms with Crippen LogP contribution in [0.5, 0.6) is 0 Å². The Bertz CT molecular complexity index is 509. The van der Waals surface area contributed by atoms with E-state index in [0.29, 0.717) is 5.41 Å². The minimum atomic E-state index is -4.46. The lowest BCUT2D eigenvalue weighted by atomic mass is 10.2. The van der Waals surface area contributed by atoms with Crippen molar-refractivity contribution in [2.45, 2.75) is 6.61 Å². The highest BCUT2D eigenvalue weighted by Gasteiger charge is 2.14. The highest BCUT2D eigenvalue weighted by Crippen LogP contribution is 2.25. The summed E-state index contributed by atoms with van der Waals surface area (Å²) in [6.45, 7) is -3.41. The SMILES string of the molecule is O=S(=O)(C=Cc1c(Cl)cccc1Cl)OC(F)F. The van der Waals surface area contributed by atoms with Gasteiger partial charge >= 0.3 is 6.61 Å². The van der Waals surface area contributed by atoms with Crippen LogP contribution in [0.4, 0.5) is 8.78 Å². The average Bonchev–Trinajstić information content (AvgIpc) is 2.14. The maximum Gasteiger partial charge on any atom is 0.359 e. The van der Waals surface area contributed by atoms with Crippen molar-refractivity contribution in [2.75, 3.05) is 0 Å². The zero-order chi connectivity index (χ0) is 13.1. The summed E-state index contributed by atoms with van der Waals surface area (Å²) in [5.41, 5.74) is 0.206. The van der Waals surface area contributed by atoms with Crippen molar-refractivity contribution in [3.8, 4) is 0 Å². The highest BCUT2D eigenvalue weighted by atomic mass is 35.5. The maximum absolute atomic E-state index is 11.7. The van der Waals surface area contributed by atoms with Crippen LogP contribution in [0.25, 0.3) is 6.08 Å². The first-order valence-corrected chi connectivity index (χ1v) is 6.38. The zero-order valence-corrected chi connectivity index (χ0v) is 10.4. The van der Waals surface area contributed by atoms with Crippen LogP contribution in [0.3, 0.4) is 0 Å². The molecule has 0 saturated heterocycles. The molecule has 0 bridgehead atoms. The second kappa shape index (κ2) is 5.77. The molecule has 0 aliphatic carbocycles. The quantitative estimate of drug-likeness (QED) is 0.799. The van der Waals surface area contributed by atoms with Crippen molar-refractivity contribution >= 4 is 39.4 Å². The van der Waals surface area contributed by atoms with Gasteiger partial charge in [-0.15, -0.1) is 0 Å². The van der Waals surface area contributed by atoms with Crippen molar-refractivity contribution in [2.24, 2.45) is 0 Å². The zero-order valence-electron chi connectivity index (χ0n) is 8.11. The highest BCUT2D eigenvalue weighted by molar-refractivity contribution is 7.89. The molecule has 8 heteroatoms. The molecular formula is C9H6Cl2F2O3S. The van der Waals surface area contributed by atoms with Gasteiger partial charge in [0.2, 0.25) is 0 Å². The number of rotatable bonds is 4. The van der Waals surface area contributed by atoms with Gasteiger partial charge in [-0.1, -0.05) is 29.3 Å². The van der Waals surface area contributed by atoms with Crippen LogP contribution in [0.1, 0.15) is 5.56 Å². The van der Waals surface area contributed by atoms with E-state index in [1.165, 1.54) is 12.1 Å². The Hall–Kier alpha value is -0.690. The molecule has 0 saturated carbocycles. The van der Waals surface area contributed by atoms with Gasteiger partial charge < -0.3 is 0 Å². The van der Waals surface area contributed by atoms with E-state index in [1.54, 1.807) is 6.07 Å². The molecule has 0 aliphatic rings. The van der Waals surface area contributed by atoms with Gasteiger partial charge in [-0.2, -0.15) is 21.4 Å². The van der Waals surface area contributed by atoms with E-state index in [-0.39, 0.29) is 15.6 Å². The summed E-state index contributed by atoms with van der Waals surface area (Å²) < 4.78 is 48.8. The summed E-state index contributed by atoms with van der Waals surface area (Å²) in [6.07, 6.45) is 0.988. The van der Waals surface area contributed by atoms with Gasteiger partial charge in [0.05, 0.1) is 5.41 Å². The third kappa shape index (κ3) is 4.59. The van der Waals surface area contributed by atoms with Gasteiger partial charge in [0, 0.05) is 15.6 Å². The van der Waals surface area contributed by atoms with Gasteiger partial charge in [-0.25, -0.2) is 0 Å². The number of alkyl halides is 2. The topological polar surface area (TPSA) is 43.4 Å². The molecule has 0 heterocycles. The summed E-state index contributed by atoms with van der Waals surface area (Å²) in [4.78, 5) is 0. The minimum Gasteiger partial charge on any atom is -0.200 e. The van der Waals surface area contributed by atoms with Crippen LogP contribution in [0.15, 0.2) is 23.6 Å². The first kappa shape index (κ1) is 14.4. The van der Waals surface area contributed by atoms with Crippen LogP contribution in [-0.2, 0) is 14.3 Å². The summed E-state index contributed by atoms with van der Waals surface area (Å²) in [5, 5.41) is 0.855. The summed E-state index contributed by atoms with van der Waals surface area (Å²) in [7, 11) is -4.46. The standard InChI is InChI=1S/C9H6Cl2F2O3S/c10-7-2-1-3-8(11)6(7)4-5-17(14,15)16-9(12)13/h1-5,9H. The maximum atomic E-state index is 11.7. The van der Waals surface area contributed by atoms with Crippen LogP contribution in [0, 0.1) is 0 Å². The molecule has 0 N–H and O–H groups in total. The Labute approximate surface area is 107 Å². The Morgan fingerprint density at radius 2 is 1.76 bits per heavy atom. The lowest BCUT2D eigenvalue weighted by Crippen LogP contribution is -2.06. The van der Waals surface area contributed by atoms with E-state index in [9.17, 15) is 17.2 Å². The van der Waals surface area contributed by atoms with E-state index in [4.69, 9.17) is 23.2 Å². The molecule has 3 nitrogen and oxygen atoms in total. The molecule has 94 valence electrons. The van der Waals surface area contributed by atoms with Crippen molar-refractivity contribution in [3.63, 3.8) is 0 Å². The predicted octanol–water partition coefficient (Wildman–Crippen LogP) is 3.53. The molecule has 0 radical (unpaired) electrons. The lowest BCUT2D eigenvalue weighted by molar-refractivity contribution is -0.0432. The van der Waals surface area contributed by atoms with E-state index in [0.717, 1.165) is 6.08 Å². The largest absolute Gasteiger partial charge is 0.359 e. The number of hydrogen-bond acceptors (Lipinski definition) is 3. The summed E-state index contributed by atoms with van der Waals surface area (Å²) >= 11 is 11.5. The fourth-order valence-corrected chi connectivity index (χ4v) is 2.05. The first-order valence-electron chi connectivity index (χ1n) is 4.15. The second-order valence-corrected chi connectivity index (χ2v) is 5.05.